The summed E-state index contributed by atoms with van der Waals surface area (Å²) in [6.45, 7) is 10.1. The van der Waals surface area contributed by atoms with Crippen LogP contribution in [0.1, 0.15) is 33.3 Å². The summed E-state index contributed by atoms with van der Waals surface area (Å²) in [5, 5.41) is 5.10. The first-order chi connectivity index (χ1) is 9.77. The molecule has 0 fully saturated rings. The minimum absolute atomic E-state index is 0.864. The van der Waals surface area contributed by atoms with E-state index in [-0.39, 0.29) is 0 Å². The number of nitrogen functional groups attached to an aromatic ring is 1. The van der Waals surface area contributed by atoms with Gasteiger partial charge in [0.15, 0.2) is 0 Å². The molecule has 0 aliphatic carbocycles. The molecule has 0 saturated heterocycles. The van der Waals surface area contributed by atoms with Gasteiger partial charge in [-0.15, -0.1) is 0 Å². The van der Waals surface area contributed by atoms with E-state index in [4.69, 9.17) is 5.73 Å². The fraction of sp³-hybridized carbons (Fsp3) is 0.263. The summed E-state index contributed by atoms with van der Waals surface area (Å²) in [4.78, 5) is 0. The van der Waals surface area contributed by atoms with Gasteiger partial charge in [0.1, 0.15) is 0 Å². The molecule has 0 bridgehead atoms. The molecule has 3 aromatic rings. The first kappa shape index (κ1) is 16.0. The number of anilines is 1. The van der Waals surface area contributed by atoms with Crippen molar-refractivity contribution in [1.29, 1.82) is 0 Å². The Morgan fingerprint density at radius 2 is 1.25 bits per heavy atom. The zero-order valence-corrected chi connectivity index (χ0v) is 13.2. The Balaban J connectivity index is 0.000000461. The smallest absolute Gasteiger partial charge is 0.0350 e. The van der Waals surface area contributed by atoms with Crippen molar-refractivity contribution in [3.63, 3.8) is 0 Å². The summed E-state index contributed by atoms with van der Waals surface area (Å²) < 4.78 is 0. The average Bonchev–Trinajstić information content (AvgIpc) is 2.54. The van der Waals surface area contributed by atoms with Gasteiger partial charge in [-0.05, 0) is 40.1 Å². The highest BCUT2D eigenvalue weighted by molar-refractivity contribution is 6.09. The number of benzene rings is 3. The molecule has 3 rings (SSSR count). The zero-order chi connectivity index (χ0) is 15.1. The molecular weight excluding hydrogens is 242 g/mol. The third-order valence-electron chi connectivity index (χ3n) is 3.24. The second-order valence-electron chi connectivity index (χ2n) is 4.16. The quantitative estimate of drug-likeness (QED) is 0.396. The maximum Gasteiger partial charge on any atom is 0.0350 e. The van der Waals surface area contributed by atoms with E-state index in [0.29, 0.717) is 0 Å². The van der Waals surface area contributed by atoms with Crippen LogP contribution < -0.4 is 5.73 Å². The summed E-state index contributed by atoms with van der Waals surface area (Å²) in [6, 6.07) is 16.9. The molecule has 3 aromatic carbocycles. The van der Waals surface area contributed by atoms with Crippen LogP contribution in [0.5, 0.6) is 0 Å². The van der Waals surface area contributed by atoms with E-state index in [1.807, 2.05) is 33.8 Å². The number of nitrogens with two attached hydrogens (primary N) is 1. The molecule has 0 unspecified atom stereocenters. The van der Waals surface area contributed by atoms with Crippen molar-refractivity contribution in [3.05, 3.63) is 54.1 Å². The van der Waals surface area contributed by atoms with Crippen molar-refractivity contribution in [2.24, 2.45) is 0 Å². The molecule has 0 spiro atoms. The third-order valence-corrected chi connectivity index (χ3v) is 3.24. The number of hydrogen-bond acceptors (Lipinski definition) is 1. The molecule has 0 atom stereocenters. The van der Waals surface area contributed by atoms with Gasteiger partial charge in [0.05, 0.1) is 0 Å². The van der Waals surface area contributed by atoms with Crippen LogP contribution in [0.15, 0.2) is 48.5 Å². The summed E-state index contributed by atoms with van der Waals surface area (Å²) in [5.74, 6) is 0. The molecule has 0 saturated carbocycles. The normalized spacial score (nSPS) is 9.45. The van der Waals surface area contributed by atoms with E-state index in [0.717, 1.165) is 5.69 Å². The van der Waals surface area contributed by atoms with Crippen LogP contribution in [0.3, 0.4) is 0 Å². The van der Waals surface area contributed by atoms with Crippen molar-refractivity contribution in [2.45, 2.75) is 34.6 Å². The average molecular weight is 267 g/mol. The molecule has 106 valence electrons. The molecule has 0 heterocycles. The van der Waals surface area contributed by atoms with Crippen molar-refractivity contribution in [1.82, 2.24) is 0 Å². The number of hydrogen-bond donors (Lipinski definition) is 1. The maximum atomic E-state index is 5.93. The fourth-order valence-electron chi connectivity index (χ4n) is 2.26. The van der Waals surface area contributed by atoms with Crippen LogP contribution in [0.2, 0.25) is 0 Å². The van der Waals surface area contributed by atoms with Crippen LogP contribution in [-0.4, -0.2) is 0 Å². The largest absolute Gasteiger partial charge is 0.398 e. The van der Waals surface area contributed by atoms with Crippen LogP contribution >= 0.6 is 0 Å². The van der Waals surface area contributed by atoms with Crippen LogP contribution in [0.4, 0.5) is 5.69 Å². The topological polar surface area (TPSA) is 26.0 Å². The van der Waals surface area contributed by atoms with Gasteiger partial charge >= 0.3 is 0 Å². The fourth-order valence-corrected chi connectivity index (χ4v) is 2.26. The van der Waals surface area contributed by atoms with Gasteiger partial charge in [-0.1, -0.05) is 70.2 Å². The minimum Gasteiger partial charge on any atom is -0.398 e. The molecule has 2 N–H and O–H groups in total. The number of fused-ring (bicyclic) bond motifs is 3. The van der Waals surface area contributed by atoms with Gasteiger partial charge in [-0.25, -0.2) is 0 Å². The second kappa shape index (κ2) is 7.54. The predicted octanol–water partition coefficient (Wildman–Crippen LogP) is 5.94. The molecule has 1 nitrogen and oxygen atoms in total. The van der Waals surface area contributed by atoms with Crippen molar-refractivity contribution < 1.29 is 0 Å². The van der Waals surface area contributed by atoms with Crippen LogP contribution in [0, 0.1) is 6.92 Å². The van der Waals surface area contributed by atoms with Gasteiger partial charge in [-0.2, -0.15) is 0 Å². The van der Waals surface area contributed by atoms with Gasteiger partial charge in [0.25, 0.3) is 0 Å². The van der Waals surface area contributed by atoms with E-state index in [9.17, 15) is 0 Å². The van der Waals surface area contributed by atoms with Crippen molar-refractivity contribution in [3.8, 4) is 0 Å². The summed E-state index contributed by atoms with van der Waals surface area (Å²) in [6.07, 6.45) is 0. The van der Waals surface area contributed by atoms with E-state index in [1.165, 1.54) is 27.1 Å². The van der Waals surface area contributed by atoms with Gasteiger partial charge < -0.3 is 5.73 Å². The summed E-state index contributed by atoms with van der Waals surface area (Å²) in [7, 11) is 0. The molecule has 0 radical (unpaired) electrons. The molecule has 1 heteroatoms. The highest BCUT2D eigenvalue weighted by Gasteiger charge is 2.03. The summed E-state index contributed by atoms with van der Waals surface area (Å²) >= 11 is 0. The Hall–Kier alpha value is -2.02. The highest BCUT2D eigenvalue weighted by Crippen LogP contribution is 2.29. The SMILES string of the molecule is CC.CC.Cc1c(N)ccc2c1ccc1ccccc12. The highest BCUT2D eigenvalue weighted by atomic mass is 14.6. The Kier molecular flexibility index (Phi) is 6.05. The lowest BCUT2D eigenvalue weighted by Gasteiger charge is -2.08. The van der Waals surface area contributed by atoms with Gasteiger partial charge in [0, 0.05) is 5.69 Å². The maximum absolute atomic E-state index is 5.93. The molecule has 20 heavy (non-hydrogen) atoms. The van der Waals surface area contributed by atoms with E-state index in [1.54, 1.807) is 0 Å². The van der Waals surface area contributed by atoms with E-state index < -0.39 is 0 Å². The second-order valence-corrected chi connectivity index (χ2v) is 4.16. The van der Waals surface area contributed by atoms with Gasteiger partial charge in [-0.3, -0.25) is 0 Å². The first-order valence-corrected chi connectivity index (χ1v) is 7.44. The Morgan fingerprint density at radius 3 is 1.95 bits per heavy atom. The lowest BCUT2D eigenvalue weighted by atomic mass is 9.98. The Bertz CT molecular complexity index is 684. The lowest BCUT2D eigenvalue weighted by Crippen LogP contribution is -1.90. The summed E-state index contributed by atoms with van der Waals surface area (Å²) in [5.41, 5.74) is 7.96. The molecule has 0 aromatic heterocycles. The molecular formula is C19H25N. The Labute approximate surface area is 122 Å². The zero-order valence-electron chi connectivity index (χ0n) is 13.2. The standard InChI is InChI=1S/C15H13N.2C2H6/c1-10-12-7-6-11-4-2-3-5-13(11)14(12)8-9-15(10)16;2*1-2/h2-9H,16H2,1H3;2*1-2H3. The van der Waals surface area contributed by atoms with Crippen LogP contribution in [0.25, 0.3) is 21.5 Å². The lowest BCUT2D eigenvalue weighted by molar-refractivity contribution is 1.50. The Morgan fingerprint density at radius 1 is 0.650 bits per heavy atom. The molecule has 0 amide bonds. The third kappa shape index (κ3) is 2.93. The van der Waals surface area contributed by atoms with Crippen molar-refractivity contribution >= 4 is 27.2 Å². The molecule has 0 aliphatic rings. The first-order valence-electron chi connectivity index (χ1n) is 7.44. The van der Waals surface area contributed by atoms with E-state index in [2.05, 4.69) is 49.4 Å². The van der Waals surface area contributed by atoms with Crippen LogP contribution in [-0.2, 0) is 0 Å². The predicted molar refractivity (Wildman–Crippen MR) is 93.3 cm³/mol. The van der Waals surface area contributed by atoms with Gasteiger partial charge in [0.2, 0.25) is 0 Å². The van der Waals surface area contributed by atoms with E-state index >= 15 is 0 Å². The minimum atomic E-state index is 0.864. The number of aryl methyl sites for hydroxylation is 1. The number of rotatable bonds is 0. The molecule has 0 aliphatic heterocycles. The van der Waals surface area contributed by atoms with Crippen molar-refractivity contribution in [2.75, 3.05) is 5.73 Å². The monoisotopic (exact) mass is 267 g/mol.